The van der Waals surface area contributed by atoms with Crippen molar-refractivity contribution in [2.75, 3.05) is 10.6 Å². The predicted molar refractivity (Wildman–Crippen MR) is 111 cm³/mol. The lowest BCUT2D eigenvalue weighted by Gasteiger charge is -2.15. The van der Waals surface area contributed by atoms with E-state index < -0.39 is 5.56 Å². The van der Waals surface area contributed by atoms with Gasteiger partial charge in [0.25, 0.3) is 11.5 Å². The first-order valence-electron chi connectivity index (χ1n) is 9.08. The number of allylic oxidation sites excluding steroid dienone is 1. The zero-order valence-corrected chi connectivity index (χ0v) is 15.5. The number of carbonyl (C=O) groups is 1. The van der Waals surface area contributed by atoms with Gasteiger partial charge in [0.2, 0.25) is 0 Å². The third kappa shape index (κ3) is 2.71. The topological polar surface area (TPSA) is 89.2 Å². The van der Waals surface area contributed by atoms with Gasteiger partial charge in [-0.1, -0.05) is 24.3 Å². The van der Waals surface area contributed by atoms with Crippen LogP contribution in [0.1, 0.15) is 6.92 Å². The number of hydrogen-bond acceptors (Lipinski definition) is 5. The van der Waals surface area contributed by atoms with Crippen molar-refractivity contribution >= 4 is 34.0 Å². The standard InChI is InChI=1S/C22H16N4O3/c1-13-20(21(27)25-15-8-3-2-7-14(15)23-13)26-17-10-5-4-9-16(17)24-19(22(26)28)18-11-6-12-29-18/h2-12,23H,1H3,(H,25,27). The summed E-state index contributed by atoms with van der Waals surface area (Å²) >= 11 is 0. The Labute approximate surface area is 165 Å². The number of benzene rings is 2. The normalized spacial score (nSPS) is 13.6. The third-order valence-electron chi connectivity index (χ3n) is 4.81. The number of aromatic nitrogens is 2. The lowest BCUT2D eigenvalue weighted by molar-refractivity contribution is -0.111. The Morgan fingerprint density at radius 3 is 2.38 bits per heavy atom. The van der Waals surface area contributed by atoms with Crippen molar-refractivity contribution in [2.24, 2.45) is 0 Å². The molecule has 4 aromatic rings. The van der Waals surface area contributed by atoms with Crippen LogP contribution in [0, 0.1) is 0 Å². The molecule has 0 fully saturated rings. The second-order valence-corrected chi connectivity index (χ2v) is 6.67. The largest absolute Gasteiger partial charge is 0.463 e. The SMILES string of the molecule is CC1=C(n2c(=O)c(-c3ccco3)nc3ccccc32)C(=O)Nc2ccccc2N1. The quantitative estimate of drug-likeness (QED) is 0.547. The van der Waals surface area contributed by atoms with Gasteiger partial charge in [0, 0.05) is 5.70 Å². The summed E-state index contributed by atoms with van der Waals surface area (Å²) < 4.78 is 6.81. The number of amides is 1. The minimum atomic E-state index is -0.434. The Bertz CT molecular complexity index is 1350. The molecule has 3 heterocycles. The van der Waals surface area contributed by atoms with Crippen LogP contribution in [0.3, 0.4) is 0 Å². The van der Waals surface area contributed by atoms with Crippen LogP contribution in [-0.2, 0) is 4.79 Å². The summed E-state index contributed by atoms with van der Waals surface area (Å²) in [7, 11) is 0. The van der Waals surface area contributed by atoms with Crippen LogP contribution in [0.5, 0.6) is 0 Å². The minimum absolute atomic E-state index is 0.142. The Balaban J connectivity index is 1.82. The van der Waals surface area contributed by atoms with Crippen molar-refractivity contribution in [1.29, 1.82) is 0 Å². The van der Waals surface area contributed by atoms with E-state index in [1.165, 1.54) is 10.8 Å². The maximum Gasteiger partial charge on any atom is 0.285 e. The van der Waals surface area contributed by atoms with Crippen molar-refractivity contribution in [3.05, 3.63) is 83.0 Å². The molecule has 2 N–H and O–H groups in total. The number of carbonyl (C=O) groups excluding carboxylic acids is 1. The van der Waals surface area contributed by atoms with Crippen molar-refractivity contribution in [1.82, 2.24) is 9.55 Å². The van der Waals surface area contributed by atoms with Gasteiger partial charge < -0.3 is 15.1 Å². The minimum Gasteiger partial charge on any atom is -0.463 e. The first-order chi connectivity index (χ1) is 14.1. The van der Waals surface area contributed by atoms with E-state index in [1.54, 1.807) is 43.3 Å². The monoisotopic (exact) mass is 384 g/mol. The zero-order chi connectivity index (χ0) is 20.0. The smallest absolute Gasteiger partial charge is 0.285 e. The fourth-order valence-electron chi connectivity index (χ4n) is 3.51. The van der Waals surface area contributed by atoms with Crippen LogP contribution in [-0.4, -0.2) is 15.5 Å². The van der Waals surface area contributed by atoms with Gasteiger partial charge >= 0.3 is 0 Å². The van der Waals surface area contributed by atoms with Crippen molar-refractivity contribution < 1.29 is 9.21 Å². The molecular formula is C22H16N4O3. The molecule has 0 bridgehead atoms. The Hall–Kier alpha value is -4.13. The van der Waals surface area contributed by atoms with E-state index in [-0.39, 0.29) is 17.3 Å². The average Bonchev–Trinajstić information content (AvgIpc) is 3.21. The highest BCUT2D eigenvalue weighted by atomic mass is 16.3. The van der Waals surface area contributed by atoms with Gasteiger partial charge in [-0.3, -0.25) is 14.2 Å². The number of nitrogens with zero attached hydrogens (tertiary/aromatic N) is 2. The zero-order valence-electron chi connectivity index (χ0n) is 15.5. The molecule has 0 radical (unpaired) electrons. The van der Waals surface area contributed by atoms with Crippen molar-refractivity contribution in [3.8, 4) is 11.5 Å². The van der Waals surface area contributed by atoms with Gasteiger partial charge in [-0.2, -0.15) is 0 Å². The highest BCUT2D eigenvalue weighted by molar-refractivity contribution is 6.24. The molecule has 0 saturated heterocycles. The van der Waals surface area contributed by atoms with E-state index >= 15 is 0 Å². The highest BCUT2D eigenvalue weighted by Gasteiger charge is 2.26. The number of hydrogen-bond donors (Lipinski definition) is 2. The van der Waals surface area contributed by atoms with Gasteiger partial charge in [0.1, 0.15) is 5.70 Å². The molecule has 2 aromatic carbocycles. The average molecular weight is 384 g/mol. The van der Waals surface area contributed by atoms with Crippen LogP contribution in [0.2, 0.25) is 0 Å². The Kier molecular flexibility index (Phi) is 3.80. The lowest BCUT2D eigenvalue weighted by Crippen LogP contribution is -2.29. The molecule has 5 rings (SSSR count). The fourth-order valence-corrected chi connectivity index (χ4v) is 3.51. The molecule has 7 nitrogen and oxygen atoms in total. The van der Waals surface area contributed by atoms with Crippen LogP contribution in [0.15, 0.2) is 81.8 Å². The van der Waals surface area contributed by atoms with E-state index in [4.69, 9.17) is 4.42 Å². The Morgan fingerprint density at radius 1 is 0.897 bits per heavy atom. The molecule has 2 aromatic heterocycles. The molecule has 1 amide bonds. The summed E-state index contributed by atoms with van der Waals surface area (Å²) in [6.45, 7) is 1.77. The fraction of sp³-hybridized carbons (Fsp3) is 0.0455. The van der Waals surface area contributed by atoms with Gasteiger partial charge in [-0.05, 0) is 43.3 Å². The van der Waals surface area contributed by atoms with Gasteiger partial charge in [-0.25, -0.2) is 4.98 Å². The molecule has 7 heteroatoms. The van der Waals surface area contributed by atoms with E-state index in [9.17, 15) is 9.59 Å². The summed E-state index contributed by atoms with van der Waals surface area (Å²) in [5.41, 5.74) is 2.97. The van der Waals surface area contributed by atoms with Gasteiger partial charge in [0.15, 0.2) is 11.5 Å². The number of fused-ring (bicyclic) bond motifs is 2. The molecule has 0 spiro atoms. The highest BCUT2D eigenvalue weighted by Crippen LogP contribution is 2.30. The van der Waals surface area contributed by atoms with Crippen LogP contribution in [0.4, 0.5) is 11.4 Å². The van der Waals surface area contributed by atoms with Gasteiger partial charge in [0.05, 0.1) is 28.7 Å². The Morgan fingerprint density at radius 2 is 1.62 bits per heavy atom. The molecule has 0 saturated carbocycles. The second kappa shape index (κ2) is 6.49. The third-order valence-corrected chi connectivity index (χ3v) is 4.81. The summed E-state index contributed by atoms with van der Waals surface area (Å²) in [5.74, 6) is -0.0400. The molecule has 1 aliphatic heterocycles. The maximum absolute atomic E-state index is 13.5. The molecular weight excluding hydrogens is 368 g/mol. The van der Waals surface area contributed by atoms with E-state index in [1.807, 2.05) is 24.3 Å². The summed E-state index contributed by atoms with van der Waals surface area (Å²) in [6, 6.07) is 17.9. The van der Waals surface area contributed by atoms with Crippen LogP contribution in [0.25, 0.3) is 28.2 Å². The van der Waals surface area contributed by atoms with E-state index in [0.717, 1.165) is 5.69 Å². The number of nitrogens with one attached hydrogen (secondary N) is 2. The van der Waals surface area contributed by atoms with E-state index in [2.05, 4.69) is 15.6 Å². The molecule has 0 unspecified atom stereocenters. The van der Waals surface area contributed by atoms with E-state index in [0.29, 0.717) is 28.2 Å². The van der Waals surface area contributed by atoms with Crippen LogP contribution >= 0.6 is 0 Å². The number of rotatable bonds is 2. The van der Waals surface area contributed by atoms with Gasteiger partial charge in [-0.15, -0.1) is 0 Å². The number of furan rings is 1. The number of anilines is 2. The first kappa shape index (κ1) is 17.0. The van der Waals surface area contributed by atoms with Crippen LogP contribution < -0.4 is 16.2 Å². The summed E-state index contributed by atoms with van der Waals surface area (Å²) in [5, 5.41) is 6.12. The molecule has 1 aliphatic rings. The number of para-hydroxylation sites is 4. The molecule has 0 aliphatic carbocycles. The van der Waals surface area contributed by atoms with Crippen molar-refractivity contribution in [3.63, 3.8) is 0 Å². The summed E-state index contributed by atoms with van der Waals surface area (Å²) in [4.78, 5) is 31.1. The molecule has 142 valence electrons. The predicted octanol–water partition coefficient (Wildman–Crippen LogP) is 3.91. The maximum atomic E-state index is 13.5. The second-order valence-electron chi connectivity index (χ2n) is 6.67. The first-order valence-corrected chi connectivity index (χ1v) is 9.08. The van der Waals surface area contributed by atoms with Crippen molar-refractivity contribution in [2.45, 2.75) is 6.92 Å². The molecule has 0 atom stereocenters. The molecule has 29 heavy (non-hydrogen) atoms. The summed E-state index contributed by atoms with van der Waals surface area (Å²) in [6.07, 6.45) is 1.48. The lowest BCUT2D eigenvalue weighted by atomic mass is 10.2.